The van der Waals surface area contributed by atoms with E-state index in [0.717, 1.165) is 25.8 Å². The topological polar surface area (TPSA) is 107 Å². The molecule has 1 aliphatic heterocycles. The Bertz CT molecular complexity index is 426. The van der Waals surface area contributed by atoms with Crippen molar-refractivity contribution in [3.8, 4) is 0 Å². The van der Waals surface area contributed by atoms with Gasteiger partial charge in [0.25, 0.3) is 0 Å². The molecule has 0 bridgehead atoms. The standard InChI is InChI=1S/C12H18N4O3/c17-11(9-3-1-2-4-14-9)16-10(12(18)19)5-8-6-13-7-15-8/h6-7,9-10,14H,1-5H2,(H,13,15)(H,16,17)(H,18,19)/t9?,10-/m1/s1. The predicted octanol–water partition coefficient (Wildman–Crippen LogP) is -0.336. The van der Waals surface area contributed by atoms with E-state index in [1.165, 1.54) is 6.33 Å². The Balaban J connectivity index is 1.92. The van der Waals surface area contributed by atoms with Gasteiger partial charge in [0.05, 0.1) is 12.4 Å². The number of carbonyl (C=O) groups excluding carboxylic acids is 1. The van der Waals surface area contributed by atoms with Crippen LogP contribution in [-0.4, -0.2) is 45.6 Å². The molecule has 19 heavy (non-hydrogen) atoms. The number of carboxylic acids is 1. The lowest BCUT2D eigenvalue weighted by Gasteiger charge is -2.24. The Hall–Kier alpha value is -1.89. The Morgan fingerprint density at radius 3 is 2.95 bits per heavy atom. The van der Waals surface area contributed by atoms with Gasteiger partial charge in [-0.3, -0.25) is 4.79 Å². The molecule has 0 aromatic carbocycles. The number of nitrogens with zero attached hydrogens (tertiary/aromatic N) is 1. The number of carboxylic acid groups (broad SMARTS) is 1. The lowest BCUT2D eigenvalue weighted by molar-refractivity contribution is -0.142. The smallest absolute Gasteiger partial charge is 0.326 e. The molecule has 1 fully saturated rings. The first-order chi connectivity index (χ1) is 9.16. The van der Waals surface area contributed by atoms with Gasteiger partial charge >= 0.3 is 5.97 Å². The number of aromatic amines is 1. The van der Waals surface area contributed by atoms with Crippen LogP contribution in [0.15, 0.2) is 12.5 Å². The van der Waals surface area contributed by atoms with E-state index >= 15 is 0 Å². The molecule has 4 N–H and O–H groups in total. The number of nitrogens with one attached hydrogen (secondary N) is 3. The van der Waals surface area contributed by atoms with Crippen LogP contribution in [0.2, 0.25) is 0 Å². The van der Waals surface area contributed by atoms with Gasteiger partial charge in [-0.15, -0.1) is 0 Å². The van der Waals surface area contributed by atoms with Gasteiger partial charge in [-0.2, -0.15) is 0 Å². The molecule has 1 aliphatic rings. The summed E-state index contributed by atoms with van der Waals surface area (Å²) in [7, 11) is 0. The van der Waals surface area contributed by atoms with Crippen LogP contribution in [0.5, 0.6) is 0 Å². The van der Waals surface area contributed by atoms with Gasteiger partial charge in [-0.1, -0.05) is 6.42 Å². The zero-order valence-corrected chi connectivity index (χ0v) is 10.6. The number of hydrogen-bond acceptors (Lipinski definition) is 4. The number of aliphatic carboxylic acids is 1. The van der Waals surface area contributed by atoms with E-state index in [-0.39, 0.29) is 18.4 Å². The lowest BCUT2D eigenvalue weighted by atomic mass is 10.0. The third-order valence-electron chi connectivity index (χ3n) is 3.22. The van der Waals surface area contributed by atoms with Gasteiger partial charge in [0, 0.05) is 18.3 Å². The molecular formula is C12H18N4O3. The Labute approximate surface area is 110 Å². The van der Waals surface area contributed by atoms with Crippen LogP contribution in [-0.2, 0) is 16.0 Å². The highest BCUT2D eigenvalue weighted by Crippen LogP contribution is 2.08. The fraction of sp³-hybridized carbons (Fsp3) is 0.583. The number of hydrogen-bond donors (Lipinski definition) is 4. The fourth-order valence-corrected chi connectivity index (χ4v) is 2.16. The summed E-state index contributed by atoms with van der Waals surface area (Å²) in [6.07, 6.45) is 6.04. The van der Waals surface area contributed by atoms with E-state index in [1.807, 2.05) is 0 Å². The van der Waals surface area contributed by atoms with Crippen molar-refractivity contribution < 1.29 is 14.7 Å². The molecule has 0 radical (unpaired) electrons. The maximum absolute atomic E-state index is 12.0. The molecule has 104 valence electrons. The van der Waals surface area contributed by atoms with Crippen LogP contribution >= 0.6 is 0 Å². The fourth-order valence-electron chi connectivity index (χ4n) is 2.16. The largest absolute Gasteiger partial charge is 0.480 e. The summed E-state index contributed by atoms with van der Waals surface area (Å²) >= 11 is 0. The van der Waals surface area contributed by atoms with Gasteiger partial charge in [0.15, 0.2) is 0 Å². The molecule has 7 heteroatoms. The molecule has 1 unspecified atom stereocenters. The van der Waals surface area contributed by atoms with E-state index < -0.39 is 12.0 Å². The summed E-state index contributed by atoms with van der Waals surface area (Å²) in [6.45, 7) is 0.802. The first-order valence-electron chi connectivity index (χ1n) is 6.40. The summed E-state index contributed by atoms with van der Waals surface area (Å²) in [5.74, 6) is -1.29. The number of rotatable bonds is 5. The average Bonchev–Trinajstić information content (AvgIpc) is 2.91. The minimum Gasteiger partial charge on any atom is -0.480 e. The van der Waals surface area contributed by atoms with Crippen LogP contribution in [0.3, 0.4) is 0 Å². The third kappa shape index (κ3) is 3.78. The number of imidazole rings is 1. The number of carbonyl (C=O) groups is 2. The van der Waals surface area contributed by atoms with Crippen molar-refractivity contribution in [3.63, 3.8) is 0 Å². The van der Waals surface area contributed by atoms with E-state index in [4.69, 9.17) is 5.11 Å². The normalized spacial score (nSPS) is 20.7. The molecule has 1 saturated heterocycles. The Morgan fingerprint density at radius 2 is 2.37 bits per heavy atom. The Morgan fingerprint density at radius 1 is 1.53 bits per heavy atom. The highest BCUT2D eigenvalue weighted by atomic mass is 16.4. The maximum Gasteiger partial charge on any atom is 0.326 e. The highest BCUT2D eigenvalue weighted by molar-refractivity contribution is 5.87. The molecule has 7 nitrogen and oxygen atoms in total. The van der Waals surface area contributed by atoms with Crippen LogP contribution < -0.4 is 10.6 Å². The van der Waals surface area contributed by atoms with Crippen LogP contribution in [0, 0.1) is 0 Å². The van der Waals surface area contributed by atoms with Crippen molar-refractivity contribution in [1.29, 1.82) is 0 Å². The van der Waals surface area contributed by atoms with Gasteiger partial charge in [-0.25, -0.2) is 9.78 Å². The molecule has 0 spiro atoms. The molecule has 0 aliphatic carbocycles. The van der Waals surface area contributed by atoms with Crippen molar-refractivity contribution >= 4 is 11.9 Å². The van der Waals surface area contributed by atoms with Gasteiger partial charge in [-0.05, 0) is 19.4 Å². The summed E-state index contributed by atoms with van der Waals surface area (Å²) in [5, 5.41) is 14.8. The molecule has 1 aromatic rings. The number of piperidine rings is 1. The van der Waals surface area contributed by atoms with Crippen LogP contribution in [0.1, 0.15) is 25.0 Å². The van der Waals surface area contributed by atoms with Crippen molar-refractivity contribution in [2.75, 3.05) is 6.54 Å². The third-order valence-corrected chi connectivity index (χ3v) is 3.22. The minimum absolute atomic E-state index is 0.202. The lowest BCUT2D eigenvalue weighted by Crippen LogP contribution is -2.52. The summed E-state index contributed by atoms with van der Waals surface area (Å²) in [6, 6.07) is -1.21. The monoisotopic (exact) mass is 266 g/mol. The Kier molecular flexibility index (Phi) is 4.51. The van der Waals surface area contributed by atoms with Crippen LogP contribution in [0.25, 0.3) is 0 Å². The van der Waals surface area contributed by atoms with Crippen molar-refractivity contribution in [2.45, 2.75) is 37.8 Å². The quantitative estimate of drug-likeness (QED) is 0.583. The molecule has 1 amide bonds. The summed E-state index contributed by atoms with van der Waals surface area (Å²) in [4.78, 5) is 29.8. The minimum atomic E-state index is -1.04. The maximum atomic E-state index is 12.0. The second-order valence-electron chi connectivity index (χ2n) is 4.68. The van der Waals surface area contributed by atoms with E-state index in [1.54, 1.807) is 6.20 Å². The van der Waals surface area contributed by atoms with Crippen molar-refractivity contribution in [2.24, 2.45) is 0 Å². The molecule has 2 atom stereocenters. The van der Waals surface area contributed by atoms with Gasteiger partial charge in [0.1, 0.15) is 6.04 Å². The van der Waals surface area contributed by atoms with Crippen molar-refractivity contribution in [1.82, 2.24) is 20.6 Å². The number of aromatic nitrogens is 2. The first kappa shape index (κ1) is 13.5. The van der Waals surface area contributed by atoms with Gasteiger partial charge < -0.3 is 20.7 Å². The number of amides is 1. The molecule has 0 saturated carbocycles. The second kappa shape index (κ2) is 6.33. The molecule has 2 rings (SSSR count). The van der Waals surface area contributed by atoms with E-state index in [0.29, 0.717) is 5.69 Å². The molecular weight excluding hydrogens is 248 g/mol. The zero-order valence-electron chi connectivity index (χ0n) is 10.6. The highest BCUT2D eigenvalue weighted by Gasteiger charge is 2.26. The molecule has 1 aromatic heterocycles. The van der Waals surface area contributed by atoms with Crippen LogP contribution in [0.4, 0.5) is 0 Å². The van der Waals surface area contributed by atoms with Crippen molar-refractivity contribution in [3.05, 3.63) is 18.2 Å². The van der Waals surface area contributed by atoms with E-state index in [2.05, 4.69) is 20.6 Å². The summed E-state index contributed by atoms with van der Waals surface area (Å²) in [5.41, 5.74) is 0.685. The summed E-state index contributed by atoms with van der Waals surface area (Å²) < 4.78 is 0. The first-order valence-corrected chi connectivity index (χ1v) is 6.40. The predicted molar refractivity (Wildman–Crippen MR) is 67.5 cm³/mol. The number of H-pyrrole nitrogens is 1. The average molecular weight is 266 g/mol. The van der Waals surface area contributed by atoms with Gasteiger partial charge in [0.2, 0.25) is 5.91 Å². The second-order valence-corrected chi connectivity index (χ2v) is 4.68. The zero-order chi connectivity index (χ0) is 13.7. The SMILES string of the molecule is O=C(N[C@H](Cc1cnc[nH]1)C(=O)O)C1CCCCN1. The van der Waals surface area contributed by atoms with E-state index in [9.17, 15) is 9.59 Å². The molecule has 2 heterocycles.